The number of methoxy groups -OCH3 is 1. The first-order chi connectivity index (χ1) is 27.7. The number of nitrogens with zero attached hydrogens (tertiary/aromatic N) is 1. The van der Waals surface area contributed by atoms with E-state index in [-0.39, 0.29) is 37.9 Å². The molecule has 3 unspecified atom stereocenters. The first kappa shape index (κ1) is 41.4. The van der Waals surface area contributed by atoms with E-state index < -0.39 is 24.1 Å². The number of hydrogen-bond acceptors (Lipinski definition) is 8. The van der Waals surface area contributed by atoms with Crippen LogP contribution < -0.4 is 30.7 Å². The number of hydrogen-bond donors (Lipinski definition) is 5. The van der Waals surface area contributed by atoms with E-state index in [1.54, 1.807) is 43.8 Å². The molecule has 5 aromatic rings. The maximum Gasteiger partial charge on any atom is 0.326 e. The van der Waals surface area contributed by atoms with Crippen molar-refractivity contribution in [1.29, 1.82) is 0 Å². The summed E-state index contributed by atoms with van der Waals surface area (Å²) in [6, 6.07) is 33.9. The van der Waals surface area contributed by atoms with Crippen LogP contribution in [0.1, 0.15) is 22.3 Å². The maximum atomic E-state index is 13.9. The Kier molecular flexibility index (Phi) is 15.5. The number of aromatic nitrogens is 1. The highest BCUT2D eigenvalue weighted by molar-refractivity contribution is 5.84. The van der Waals surface area contributed by atoms with Crippen molar-refractivity contribution in [2.45, 2.75) is 37.4 Å². The standard InChI is InChI=1S/C45H47N5O7/c1-31(37-9-6-10-40(26-37)56-2)27-48-44(53)41(24-32-11-15-36(16-12-32)35-7-4-3-5-8-35)47-28-38(23-34-19-21-46-22-20-34)50-43(52)29-57-39-17-13-33(14-18-39)25-42(45(54)55)49-30-51/h3-22,26,30,38,41-42,47H,1,23-25,27-29H2,2H3,(H,48,53)(H,49,51)(H,50,52)(H,54,55). The molecule has 57 heavy (non-hydrogen) atoms. The number of carbonyl (C=O) groups excluding carboxylic acids is 3. The minimum absolute atomic E-state index is 0.0908. The molecule has 294 valence electrons. The molecule has 5 N–H and O–H groups in total. The van der Waals surface area contributed by atoms with Gasteiger partial charge in [0.15, 0.2) is 6.61 Å². The zero-order valence-corrected chi connectivity index (χ0v) is 31.7. The first-order valence-corrected chi connectivity index (χ1v) is 18.5. The Morgan fingerprint density at radius 2 is 1.42 bits per heavy atom. The summed E-state index contributed by atoms with van der Waals surface area (Å²) in [5.41, 5.74) is 6.33. The van der Waals surface area contributed by atoms with E-state index in [2.05, 4.69) is 45.0 Å². The molecule has 0 bridgehead atoms. The Hall–Kier alpha value is -6.79. The van der Waals surface area contributed by atoms with Crippen LogP contribution in [0.15, 0.2) is 134 Å². The molecule has 0 radical (unpaired) electrons. The minimum atomic E-state index is -1.14. The van der Waals surface area contributed by atoms with Crippen LogP contribution in [-0.2, 0) is 38.4 Å². The van der Waals surface area contributed by atoms with Crippen LogP contribution in [0.5, 0.6) is 11.5 Å². The lowest BCUT2D eigenvalue weighted by Gasteiger charge is -2.24. The smallest absolute Gasteiger partial charge is 0.326 e. The van der Waals surface area contributed by atoms with Crippen LogP contribution in [0.4, 0.5) is 0 Å². The molecule has 3 amide bonds. The Morgan fingerprint density at radius 1 is 0.772 bits per heavy atom. The number of nitrogens with one attached hydrogen (secondary N) is 4. The van der Waals surface area contributed by atoms with Gasteiger partial charge in [-0.2, -0.15) is 0 Å². The van der Waals surface area contributed by atoms with Gasteiger partial charge >= 0.3 is 5.97 Å². The minimum Gasteiger partial charge on any atom is -0.497 e. The van der Waals surface area contributed by atoms with Crippen LogP contribution in [0, 0.1) is 0 Å². The Bertz CT molecular complexity index is 2080. The molecule has 5 rings (SSSR count). The zero-order chi connectivity index (χ0) is 40.4. The number of carbonyl (C=O) groups is 4. The second-order valence-corrected chi connectivity index (χ2v) is 13.4. The number of aliphatic carboxylic acids is 1. The SMILES string of the molecule is C=C(CNC(=O)C(Cc1ccc(-c2ccccc2)cc1)NCC(Cc1ccncc1)NC(=O)COc1ccc(CC(NC=O)C(=O)O)cc1)c1cccc(OC)c1. The topological polar surface area (TPSA) is 168 Å². The third kappa shape index (κ3) is 13.2. The number of rotatable bonds is 22. The third-order valence-corrected chi connectivity index (χ3v) is 9.28. The van der Waals surface area contributed by atoms with Gasteiger partial charge in [-0.3, -0.25) is 19.4 Å². The van der Waals surface area contributed by atoms with Crippen LogP contribution in [0.25, 0.3) is 16.7 Å². The number of carboxylic acid groups (broad SMARTS) is 1. The van der Waals surface area contributed by atoms with Crippen LogP contribution in [0.2, 0.25) is 0 Å². The molecular weight excluding hydrogens is 723 g/mol. The summed E-state index contributed by atoms with van der Waals surface area (Å²) in [6.45, 7) is 4.40. The van der Waals surface area contributed by atoms with Crippen LogP contribution in [0.3, 0.4) is 0 Å². The molecule has 1 aromatic heterocycles. The van der Waals surface area contributed by atoms with Crippen molar-refractivity contribution in [3.63, 3.8) is 0 Å². The highest BCUT2D eigenvalue weighted by Crippen LogP contribution is 2.21. The summed E-state index contributed by atoms with van der Waals surface area (Å²) in [5.74, 6) is -0.621. The van der Waals surface area contributed by atoms with Gasteiger partial charge < -0.3 is 35.8 Å². The highest BCUT2D eigenvalue weighted by atomic mass is 16.5. The normalized spacial score (nSPS) is 12.3. The van der Waals surface area contributed by atoms with Gasteiger partial charge in [-0.05, 0) is 88.2 Å². The molecular formula is C45H47N5O7. The molecule has 0 saturated carbocycles. The Labute approximate surface area is 332 Å². The van der Waals surface area contributed by atoms with Crippen molar-refractivity contribution in [3.8, 4) is 22.6 Å². The number of ether oxygens (including phenoxy) is 2. The van der Waals surface area contributed by atoms with E-state index in [4.69, 9.17) is 9.47 Å². The average Bonchev–Trinajstić information content (AvgIpc) is 3.24. The second kappa shape index (κ2) is 21.3. The second-order valence-electron chi connectivity index (χ2n) is 13.4. The van der Waals surface area contributed by atoms with Gasteiger partial charge in [-0.15, -0.1) is 0 Å². The van der Waals surface area contributed by atoms with Crippen molar-refractivity contribution in [3.05, 3.63) is 156 Å². The van der Waals surface area contributed by atoms with E-state index in [0.29, 0.717) is 36.3 Å². The fourth-order valence-electron chi connectivity index (χ4n) is 6.16. The van der Waals surface area contributed by atoms with E-state index >= 15 is 0 Å². The lowest BCUT2D eigenvalue weighted by atomic mass is 9.99. The summed E-state index contributed by atoms with van der Waals surface area (Å²) in [4.78, 5) is 53.4. The monoisotopic (exact) mass is 769 g/mol. The lowest BCUT2D eigenvalue weighted by molar-refractivity contribution is -0.140. The fourth-order valence-corrected chi connectivity index (χ4v) is 6.16. The van der Waals surface area contributed by atoms with E-state index in [1.165, 1.54) is 0 Å². The molecule has 12 nitrogen and oxygen atoms in total. The average molecular weight is 770 g/mol. The summed E-state index contributed by atoms with van der Waals surface area (Å²) < 4.78 is 11.1. The van der Waals surface area contributed by atoms with E-state index in [9.17, 15) is 24.3 Å². The molecule has 0 aliphatic heterocycles. The zero-order valence-electron chi connectivity index (χ0n) is 31.7. The third-order valence-electron chi connectivity index (χ3n) is 9.28. The molecule has 12 heteroatoms. The molecule has 0 aliphatic rings. The van der Waals surface area contributed by atoms with E-state index in [1.807, 2.05) is 78.9 Å². The Balaban J connectivity index is 1.26. The Morgan fingerprint density at radius 3 is 2.09 bits per heavy atom. The molecule has 0 spiro atoms. The van der Waals surface area contributed by atoms with Gasteiger partial charge in [-0.1, -0.05) is 85.4 Å². The summed E-state index contributed by atoms with van der Waals surface area (Å²) in [7, 11) is 1.60. The first-order valence-electron chi connectivity index (χ1n) is 18.5. The van der Waals surface area contributed by atoms with Gasteiger partial charge in [-0.25, -0.2) is 4.79 Å². The van der Waals surface area contributed by atoms with Crippen molar-refractivity contribution >= 4 is 29.8 Å². The predicted molar refractivity (Wildman–Crippen MR) is 219 cm³/mol. The molecule has 1 heterocycles. The molecule has 0 fully saturated rings. The van der Waals surface area contributed by atoms with Gasteiger partial charge in [0, 0.05) is 37.9 Å². The van der Waals surface area contributed by atoms with Crippen LogP contribution >= 0.6 is 0 Å². The number of benzene rings is 4. The quantitative estimate of drug-likeness (QED) is 0.0631. The molecule has 0 aliphatic carbocycles. The van der Waals surface area contributed by atoms with Crippen LogP contribution in [-0.4, -0.2) is 79.2 Å². The van der Waals surface area contributed by atoms with Gasteiger partial charge in [0.1, 0.15) is 17.5 Å². The fraction of sp³-hybridized carbons (Fsp3) is 0.222. The van der Waals surface area contributed by atoms with Gasteiger partial charge in [0.25, 0.3) is 5.91 Å². The summed E-state index contributed by atoms with van der Waals surface area (Å²) in [6.07, 6.45) is 4.67. The summed E-state index contributed by atoms with van der Waals surface area (Å²) in [5, 5.41) is 21.1. The maximum absolute atomic E-state index is 13.9. The molecule has 4 aromatic carbocycles. The van der Waals surface area contributed by atoms with Crippen molar-refractivity contribution in [2.75, 3.05) is 26.8 Å². The largest absolute Gasteiger partial charge is 0.497 e. The predicted octanol–water partition coefficient (Wildman–Crippen LogP) is 4.64. The van der Waals surface area contributed by atoms with Crippen molar-refractivity contribution in [2.24, 2.45) is 0 Å². The molecule has 3 atom stereocenters. The van der Waals surface area contributed by atoms with Crippen molar-refractivity contribution < 1.29 is 33.8 Å². The lowest BCUT2D eigenvalue weighted by Crippen LogP contribution is -2.52. The van der Waals surface area contributed by atoms with E-state index in [0.717, 1.165) is 33.4 Å². The van der Waals surface area contributed by atoms with Crippen molar-refractivity contribution in [1.82, 2.24) is 26.3 Å². The van der Waals surface area contributed by atoms with Gasteiger partial charge in [0.05, 0.1) is 13.2 Å². The number of pyridine rings is 1. The van der Waals surface area contributed by atoms with Gasteiger partial charge in [0.2, 0.25) is 12.3 Å². The summed E-state index contributed by atoms with van der Waals surface area (Å²) >= 11 is 0. The number of carboxylic acids is 1. The highest BCUT2D eigenvalue weighted by Gasteiger charge is 2.23. The molecule has 0 saturated heterocycles. The number of amides is 3.